The van der Waals surface area contributed by atoms with Crippen LogP contribution in [0.4, 0.5) is 0 Å². The first-order valence-electron chi connectivity index (χ1n) is 4.11. The number of H-pyrrole nitrogens is 1. The summed E-state index contributed by atoms with van der Waals surface area (Å²) in [6.45, 7) is 0. The largest absolute Gasteiger partial charge is 0.259 e. The van der Waals surface area contributed by atoms with Crippen molar-refractivity contribution in [1.29, 1.82) is 0 Å². The van der Waals surface area contributed by atoms with Crippen LogP contribution < -0.4 is 0 Å². The molecule has 3 rings (SSSR count). The summed E-state index contributed by atoms with van der Waals surface area (Å²) >= 11 is 0. The molecule has 0 aliphatic rings. The van der Waals surface area contributed by atoms with Crippen LogP contribution in [0, 0.1) is 0 Å². The molecule has 0 bridgehead atoms. The lowest BCUT2D eigenvalue weighted by Gasteiger charge is -1.92. The van der Waals surface area contributed by atoms with Crippen molar-refractivity contribution in [2.75, 3.05) is 0 Å². The summed E-state index contributed by atoms with van der Waals surface area (Å²) in [6, 6.07) is 3.77. The third-order valence-corrected chi connectivity index (χ3v) is 1.92. The van der Waals surface area contributed by atoms with Crippen LogP contribution in [0.5, 0.6) is 0 Å². The van der Waals surface area contributed by atoms with Gasteiger partial charge < -0.3 is 0 Å². The summed E-state index contributed by atoms with van der Waals surface area (Å²) in [4.78, 5) is 5.58. The minimum Gasteiger partial charge on any atom is -0.259 e. The molecule has 0 atom stereocenters. The number of nitrogens with zero attached hydrogens (tertiary/aromatic N) is 5. The molecule has 14 heavy (non-hydrogen) atoms. The number of hydrogen-bond acceptors (Lipinski definition) is 4. The Morgan fingerprint density at radius 3 is 2.86 bits per heavy atom. The maximum Gasteiger partial charge on any atom is 0.204 e. The van der Waals surface area contributed by atoms with Crippen molar-refractivity contribution in [1.82, 2.24) is 30.2 Å². The lowest BCUT2D eigenvalue weighted by molar-refractivity contribution is 0.729. The molecule has 0 aromatic carbocycles. The second-order valence-corrected chi connectivity index (χ2v) is 2.77. The molecule has 0 radical (unpaired) electrons. The first-order valence-corrected chi connectivity index (χ1v) is 4.11. The lowest BCUT2D eigenvalue weighted by atomic mass is 10.3. The van der Waals surface area contributed by atoms with E-state index in [1.54, 1.807) is 18.6 Å². The molecule has 3 heterocycles. The van der Waals surface area contributed by atoms with E-state index in [1.807, 2.05) is 12.1 Å². The standard InChI is InChI=1S/C8H6N6/c1-2-6-7(9-3-1)12-13-8(6)14-10-4-5-11-14/h1-5H,(H,9,12,13). The van der Waals surface area contributed by atoms with E-state index in [-0.39, 0.29) is 0 Å². The van der Waals surface area contributed by atoms with Crippen molar-refractivity contribution >= 4 is 11.0 Å². The van der Waals surface area contributed by atoms with Crippen LogP contribution >= 0.6 is 0 Å². The quantitative estimate of drug-likeness (QED) is 0.602. The van der Waals surface area contributed by atoms with Crippen molar-refractivity contribution < 1.29 is 0 Å². The maximum absolute atomic E-state index is 4.12. The van der Waals surface area contributed by atoms with Gasteiger partial charge in [-0.1, -0.05) is 0 Å². The van der Waals surface area contributed by atoms with Gasteiger partial charge in [0, 0.05) is 6.20 Å². The van der Waals surface area contributed by atoms with Crippen LogP contribution in [0.25, 0.3) is 16.9 Å². The molecule has 0 spiro atoms. The van der Waals surface area contributed by atoms with Crippen LogP contribution in [0.1, 0.15) is 0 Å². The normalized spacial score (nSPS) is 10.9. The molecule has 3 aromatic heterocycles. The van der Waals surface area contributed by atoms with Gasteiger partial charge in [0.2, 0.25) is 5.82 Å². The zero-order chi connectivity index (χ0) is 9.38. The molecular formula is C8H6N6. The van der Waals surface area contributed by atoms with Gasteiger partial charge in [-0.25, -0.2) is 4.98 Å². The second kappa shape index (κ2) is 2.63. The third kappa shape index (κ3) is 0.905. The smallest absolute Gasteiger partial charge is 0.204 e. The van der Waals surface area contributed by atoms with E-state index in [0.29, 0.717) is 5.82 Å². The maximum atomic E-state index is 4.12. The van der Waals surface area contributed by atoms with E-state index in [4.69, 9.17) is 0 Å². The zero-order valence-electron chi connectivity index (χ0n) is 7.12. The van der Waals surface area contributed by atoms with Gasteiger partial charge in [-0.3, -0.25) is 5.10 Å². The highest BCUT2D eigenvalue weighted by Crippen LogP contribution is 2.14. The minimum atomic E-state index is 0.665. The molecule has 6 nitrogen and oxygen atoms in total. The molecule has 68 valence electrons. The highest BCUT2D eigenvalue weighted by atomic mass is 15.5. The van der Waals surface area contributed by atoms with Crippen molar-refractivity contribution in [3.05, 3.63) is 30.7 Å². The van der Waals surface area contributed by atoms with Crippen molar-refractivity contribution in [2.24, 2.45) is 0 Å². The van der Waals surface area contributed by atoms with Gasteiger partial charge in [-0.2, -0.15) is 15.3 Å². The molecular weight excluding hydrogens is 180 g/mol. The fraction of sp³-hybridized carbons (Fsp3) is 0. The Morgan fingerprint density at radius 1 is 1.14 bits per heavy atom. The topological polar surface area (TPSA) is 72.3 Å². The fourth-order valence-corrected chi connectivity index (χ4v) is 1.32. The molecule has 0 fully saturated rings. The number of rotatable bonds is 1. The average molecular weight is 186 g/mol. The summed E-state index contributed by atoms with van der Waals surface area (Å²) in [7, 11) is 0. The summed E-state index contributed by atoms with van der Waals surface area (Å²) in [5.74, 6) is 0.665. The molecule has 0 unspecified atom stereocenters. The van der Waals surface area contributed by atoms with Crippen LogP contribution in [0.3, 0.4) is 0 Å². The van der Waals surface area contributed by atoms with Crippen LogP contribution in [0.2, 0.25) is 0 Å². The van der Waals surface area contributed by atoms with Gasteiger partial charge in [0.15, 0.2) is 5.65 Å². The Labute approximate surface area is 78.6 Å². The lowest BCUT2D eigenvalue weighted by Crippen LogP contribution is -1.98. The average Bonchev–Trinajstić information content (AvgIpc) is 2.85. The molecule has 3 aromatic rings. The predicted molar refractivity (Wildman–Crippen MR) is 48.8 cm³/mol. The number of aromatic amines is 1. The number of hydrogen-bond donors (Lipinski definition) is 1. The van der Waals surface area contributed by atoms with Gasteiger partial charge >= 0.3 is 0 Å². The van der Waals surface area contributed by atoms with Crippen molar-refractivity contribution in [2.45, 2.75) is 0 Å². The van der Waals surface area contributed by atoms with Gasteiger partial charge in [0.1, 0.15) is 0 Å². The van der Waals surface area contributed by atoms with E-state index in [9.17, 15) is 0 Å². The van der Waals surface area contributed by atoms with E-state index < -0.39 is 0 Å². The SMILES string of the molecule is c1cnc2[nH]nc(-n3nccn3)c2c1. The van der Waals surface area contributed by atoms with E-state index in [1.165, 1.54) is 4.80 Å². The van der Waals surface area contributed by atoms with E-state index in [2.05, 4.69) is 25.4 Å². The van der Waals surface area contributed by atoms with E-state index in [0.717, 1.165) is 11.0 Å². The van der Waals surface area contributed by atoms with Crippen molar-refractivity contribution in [3.8, 4) is 5.82 Å². The Morgan fingerprint density at radius 2 is 2.00 bits per heavy atom. The van der Waals surface area contributed by atoms with Gasteiger partial charge in [-0.05, 0) is 12.1 Å². The Hall–Kier alpha value is -2.24. The third-order valence-electron chi connectivity index (χ3n) is 1.92. The first-order chi connectivity index (χ1) is 6.95. The molecule has 0 amide bonds. The number of aromatic nitrogens is 6. The summed E-state index contributed by atoms with van der Waals surface area (Å²) < 4.78 is 0. The van der Waals surface area contributed by atoms with Crippen molar-refractivity contribution in [3.63, 3.8) is 0 Å². The van der Waals surface area contributed by atoms with Crippen LogP contribution in [-0.2, 0) is 0 Å². The molecule has 1 N–H and O–H groups in total. The Balaban J connectivity index is 2.33. The summed E-state index contributed by atoms with van der Waals surface area (Å²) in [5.41, 5.74) is 0.736. The molecule has 0 aliphatic carbocycles. The molecule has 0 aliphatic heterocycles. The highest BCUT2D eigenvalue weighted by molar-refractivity contribution is 5.82. The minimum absolute atomic E-state index is 0.665. The summed E-state index contributed by atoms with van der Waals surface area (Å²) in [5, 5.41) is 15.8. The summed E-state index contributed by atoms with van der Waals surface area (Å²) in [6.07, 6.45) is 4.93. The monoisotopic (exact) mass is 186 g/mol. The van der Waals surface area contributed by atoms with Gasteiger partial charge in [0.05, 0.1) is 17.8 Å². The second-order valence-electron chi connectivity index (χ2n) is 2.77. The zero-order valence-corrected chi connectivity index (χ0v) is 7.12. The molecule has 0 saturated heterocycles. The van der Waals surface area contributed by atoms with E-state index >= 15 is 0 Å². The predicted octanol–water partition coefficient (Wildman–Crippen LogP) is 0.539. The Bertz CT molecular complexity index is 552. The number of pyridine rings is 1. The first kappa shape index (κ1) is 7.19. The van der Waals surface area contributed by atoms with Gasteiger partial charge in [0.25, 0.3) is 0 Å². The number of nitrogens with one attached hydrogen (secondary N) is 1. The molecule has 0 saturated carbocycles. The number of fused-ring (bicyclic) bond motifs is 1. The van der Waals surface area contributed by atoms with Crippen LogP contribution in [0.15, 0.2) is 30.7 Å². The highest BCUT2D eigenvalue weighted by Gasteiger charge is 2.07. The van der Waals surface area contributed by atoms with Gasteiger partial charge in [-0.15, -0.1) is 4.80 Å². The molecule has 6 heteroatoms. The van der Waals surface area contributed by atoms with Crippen LogP contribution in [-0.4, -0.2) is 30.2 Å². The Kier molecular flexibility index (Phi) is 1.35. The fourth-order valence-electron chi connectivity index (χ4n) is 1.32.